The third kappa shape index (κ3) is 5.19. The Labute approximate surface area is 216 Å². The van der Waals surface area contributed by atoms with Crippen LogP contribution < -0.4 is 10.3 Å². The van der Waals surface area contributed by atoms with E-state index in [1.54, 1.807) is 31.2 Å². The standard InChI is InChI=1S/C25H25N3O4S3/c1-5-31-18-10-8-17(9-11-18)27-23(30)21-22(26-24(27)34-14-20(29)32-6-2)28(25(33)35-21)19-12-7-15(3)13-16(19)4/h7-13H,5-6,14H2,1-4H3. The summed E-state index contributed by atoms with van der Waals surface area (Å²) in [5, 5.41) is 0.381. The highest BCUT2D eigenvalue weighted by Crippen LogP contribution is 2.29. The summed E-state index contributed by atoms with van der Waals surface area (Å²) in [6, 6.07) is 13.3. The Balaban J connectivity index is 1.93. The largest absolute Gasteiger partial charge is 0.494 e. The van der Waals surface area contributed by atoms with Crippen molar-refractivity contribution in [2.24, 2.45) is 0 Å². The lowest BCUT2D eigenvalue weighted by atomic mass is 10.1. The summed E-state index contributed by atoms with van der Waals surface area (Å²) in [6.45, 7) is 8.53. The Hall–Kier alpha value is -2.95. The molecule has 4 rings (SSSR count). The van der Waals surface area contributed by atoms with E-state index in [0.29, 0.717) is 37.5 Å². The summed E-state index contributed by atoms with van der Waals surface area (Å²) >= 11 is 8.06. The minimum absolute atomic E-state index is 0.0250. The second kappa shape index (κ2) is 10.8. The monoisotopic (exact) mass is 527 g/mol. The first kappa shape index (κ1) is 25.2. The van der Waals surface area contributed by atoms with E-state index in [4.69, 9.17) is 26.7 Å². The number of ether oxygens (including phenoxy) is 2. The van der Waals surface area contributed by atoms with E-state index >= 15 is 0 Å². The van der Waals surface area contributed by atoms with Gasteiger partial charge < -0.3 is 9.47 Å². The molecule has 2 aromatic heterocycles. The fourth-order valence-electron chi connectivity index (χ4n) is 3.71. The Kier molecular flexibility index (Phi) is 7.73. The van der Waals surface area contributed by atoms with E-state index < -0.39 is 0 Å². The smallest absolute Gasteiger partial charge is 0.316 e. The van der Waals surface area contributed by atoms with Gasteiger partial charge >= 0.3 is 5.97 Å². The lowest BCUT2D eigenvalue weighted by molar-refractivity contribution is -0.139. The van der Waals surface area contributed by atoms with E-state index in [9.17, 15) is 9.59 Å². The van der Waals surface area contributed by atoms with Crippen molar-refractivity contribution in [3.63, 3.8) is 0 Å². The molecule has 0 aliphatic carbocycles. The molecule has 0 aliphatic rings. The second-order valence-electron chi connectivity index (χ2n) is 7.70. The molecular weight excluding hydrogens is 502 g/mol. The van der Waals surface area contributed by atoms with Crippen molar-refractivity contribution in [1.82, 2.24) is 14.1 Å². The van der Waals surface area contributed by atoms with Crippen LogP contribution in [0.15, 0.2) is 52.4 Å². The maximum absolute atomic E-state index is 13.8. The van der Waals surface area contributed by atoms with Gasteiger partial charge in [-0.1, -0.05) is 40.8 Å². The molecule has 0 saturated carbocycles. The summed E-state index contributed by atoms with van der Waals surface area (Å²) in [7, 11) is 0. The highest BCUT2D eigenvalue weighted by atomic mass is 32.2. The van der Waals surface area contributed by atoms with Gasteiger partial charge in [-0.25, -0.2) is 4.98 Å². The van der Waals surface area contributed by atoms with Crippen LogP contribution in [0.4, 0.5) is 0 Å². The molecule has 7 nitrogen and oxygen atoms in total. The quantitative estimate of drug-likeness (QED) is 0.127. The number of fused-ring (bicyclic) bond motifs is 1. The maximum Gasteiger partial charge on any atom is 0.316 e. The number of hydrogen-bond acceptors (Lipinski definition) is 8. The molecule has 0 aliphatic heterocycles. The molecule has 182 valence electrons. The van der Waals surface area contributed by atoms with Crippen LogP contribution in [0.1, 0.15) is 25.0 Å². The zero-order valence-electron chi connectivity index (χ0n) is 19.9. The number of rotatable bonds is 8. The summed E-state index contributed by atoms with van der Waals surface area (Å²) in [5.41, 5.74) is 3.89. The molecule has 0 amide bonds. The number of carbonyl (C=O) groups excluding carboxylic acids is 1. The normalized spacial score (nSPS) is 11.1. The first-order valence-corrected chi connectivity index (χ1v) is 13.3. The van der Waals surface area contributed by atoms with Crippen molar-refractivity contribution in [2.45, 2.75) is 32.9 Å². The number of thioether (sulfide) groups is 1. The van der Waals surface area contributed by atoms with Gasteiger partial charge in [0.2, 0.25) is 0 Å². The predicted octanol–water partition coefficient (Wildman–Crippen LogP) is 5.64. The first-order valence-electron chi connectivity index (χ1n) is 11.1. The summed E-state index contributed by atoms with van der Waals surface area (Å²) in [5.74, 6) is 0.356. The molecule has 0 bridgehead atoms. The number of thiazole rings is 1. The molecule has 4 aromatic rings. The molecule has 0 radical (unpaired) electrons. The third-order valence-electron chi connectivity index (χ3n) is 5.20. The molecule has 35 heavy (non-hydrogen) atoms. The van der Waals surface area contributed by atoms with Gasteiger partial charge in [-0.2, -0.15) is 0 Å². The molecule has 0 saturated heterocycles. The molecule has 0 atom stereocenters. The van der Waals surface area contributed by atoms with Crippen LogP contribution in [-0.2, 0) is 9.53 Å². The zero-order valence-corrected chi connectivity index (χ0v) is 22.3. The van der Waals surface area contributed by atoms with Gasteiger partial charge in [0.15, 0.2) is 14.8 Å². The number of nitrogens with zero attached hydrogens (tertiary/aromatic N) is 3. The Morgan fingerprint density at radius 3 is 2.49 bits per heavy atom. The van der Waals surface area contributed by atoms with Crippen molar-refractivity contribution in [2.75, 3.05) is 19.0 Å². The van der Waals surface area contributed by atoms with Crippen LogP contribution in [0.25, 0.3) is 21.7 Å². The van der Waals surface area contributed by atoms with E-state index in [-0.39, 0.29) is 23.9 Å². The van der Waals surface area contributed by atoms with Crippen molar-refractivity contribution in [3.8, 4) is 17.1 Å². The number of benzene rings is 2. The van der Waals surface area contributed by atoms with E-state index in [1.807, 2.05) is 37.5 Å². The molecule has 2 heterocycles. The van der Waals surface area contributed by atoms with Crippen LogP contribution in [0, 0.1) is 17.8 Å². The van der Waals surface area contributed by atoms with Gasteiger partial charge in [0.25, 0.3) is 5.56 Å². The third-order valence-corrected chi connectivity index (χ3v) is 7.46. The van der Waals surface area contributed by atoms with E-state index in [2.05, 4.69) is 6.07 Å². The molecular formula is C25H25N3O4S3. The Morgan fingerprint density at radius 1 is 1.09 bits per heavy atom. The van der Waals surface area contributed by atoms with Crippen molar-refractivity contribution >= 4 is 51.6 Å². The van der Waals surface area contributed by atoms with Crippen LogP contribution in [0.5, 0.6) is 5.75 Å². The Morgan fingerprint density at radius 2 is 1.83 bits per heavy atom. The van der Waals surface area contributed by atoms with Crippen molar-refractivity contribution in [1.29, 1.82) is 0 Å². The highest BCUT2D eigenvalue weighted by Gasteiger charge is 2.20. The van der Waals surface area contributed by atoms with E-state index in [0.717, 1.165) is 28.6 Å². The number of hydrogen-bond donors (Lipinski definition) is 0. The number of carbonyl (C=O) groups is 1. The number of aryl methyl sites for hydroxylation is 2. The summed E-state index contributed by atoms with van der Waals surface area (Å²) in [4.78, 5) is 30.7. The predicted molar refractivity (Wildman–Crippen MR) is 143 cm³/mol. The average Bonchev–Trinajstić information content (AvgIpc) is 3.15. The molecule has 0 spiro atoms. The van der Waals surface area contributed by atoms with Gasteiger partial charge in [-0.15, -0.1) is 0 Å². The average molecular weight is 528 g/mol. The summed E-state index contributed by atoms with van der Waals surface area (Å²) in [6.07, 6.45) is 0. The van der Waals surface area contributed by atoms with Gasteiger partial charge in [0.05, 0.1) is 30.3 Å². The molecule has 0 N–H and O–H groups in total. The van der Waals surface area contributed by atoms with E-state index in [1.165, 1.54) is 15.9 Å². The van der Waals surface area contributed by atoms with Crippen LogP contribution in [-0.4, -0.2) is 39.1 Å². The second-order valence-corrected chi connectivity index (χ2v) is 10.3. The first-order chi connectivity index (χ1) is 16.8. The topological polar surface area (TPSA) is 75.4 Å². The number of esters is 1. The Bertz CT molecular complexity index is 1500. The SMILES string of the molecule is CCOC(=O)CSc1nc2c(sc(=S)n2-c2ccc(C)cc2C)c(=O)n1-c1ccc(OCC)cc1. The van der Waals surface area contributed by atoms with Crippen molar-refractivity contribution in [3.05, 3.63) is 67.9 Å². The fourth-order valence-corrected chi connectivity index (χ4v) is 5.80. The van der Waals surface area contributed by atoms with Gasteiger partial charge in [0.1, 0.15) is 10.4 Å². The van der Waals surface area contributed by atoms with Crippen LogP contribution in [0.3, 0.4) is 0 Å². The van der Waals surface area contributed by atoms with Gasteiger partial charge in [-0.05, 0) is 75.8 Å². The molecule has 10 heteroatoms. The highest BCUT2D eigenvalue weighted by molar-refractivity contribution is 7.99. The lowest BCUT2D eigenvalue weighted by Crippen LogP contribution is -2.22. The minimum atomic E-state index is -0.373. The minimum Gasteiger partial charge on any atom is -0.494 e. The van der Waals surface area contributed by atoms with Crippen LogP contribution in [0.2, 0.25) is 0 Å². The van der Waals surface area contributed by atoms with Crippen LogP contribution >= 0.6 is 35.3 Å². The summed E-state index contributed by atoms with van der Waals surface area (Å²) < 4.78 is 14.9. The lowest BCUT2D eigenvalue weighted by Gasteiger charge is -2.14. The fraction of sp³-hybridized carbons (Fsp3) is 0.280. The molecule has 0 fully saturated rings. The van der Waals surface area contributed by atoms with Gasteiger partial charge in [0, 0.05) is 0 Å². The molecule has 2 aromatic carbocycles. The zero-order chi connectivity index (χ0) is 25.1. The molecule has 0 unspecified atom stereocenters. The maximum atomic E-state index is 13.8. The van der Waals surface area contributed by atoms with Gasteiger partial charge in [-0.3, -0.25) is 18.7 Å². The number of aromatic nitrogens is 3. The van der Waals surface area contributed by atoms with Crippen molar-refractivity contribution < 1.29 is 14.3 Å².